The number of aliphatic imine (C=N–C) groups is 1. The third-order valence-electron chi connectivity index (χ3n) is 4.52. The summed E-state index contributed by atoms with van der Waals surface area (Å²) in [5, 5.41) is 15.4. The maximum absolute atomic E-state index is 5.19. The maximum Gasteiger partial charge on any atom is 0.191 e. The summed E-state index contributed by atoms with van der Waals surface area (Å²) in [5.74, 6) is 3.74. The van der Waals surface area contributed by atoms with Crippen LogP contribution in [0.3, 0.4) is 0 Å². The number of aromatic nitrogens is 3. The van der Waals surface area contributed by atoms with Gasteiger partial charge in [0.2, 0.25) is 0 Å². The Labute approximate surface area is 154 Å². The van der Waals surface area contributed by atoms with E-state index in [2.05, 4.69) is 37.3 Å². The van der Waals surface area contributed by atoms with Gasteiger partial charge >= 0.3 is 0 Å². The summed E-state index contributed by atoms with van der Waals surface area (Å²) in [4.78, 5) is 4.67. The smallest absolute Gasteiger partial charge is 0.191 e. The molecule has 0 atom stereocenters. The number of fused-ring (bicyclic) bond motifs is 1. The Morgan fingerprint density at radius 3 is 2.77 bits per heavy atom. The molecule has 1 aromatic carbocycles. The molecule has 2 aromatic rings. The van der Waals surface area contributed by atoms with Crippen LogP contribution in [0.25, 0.3) is 0 Å². The van der Waals surface area contributed by atoms with Crippen LogP contribution >= 0.6 is 0 Å². The van der Waals surface area contributed by atoms with Crippen molar-refractivity contribution in [3.63, 3.8) is 0 Å². The summed E-state index contributed by atoms with van der Waals surface area (Å²) in [6, 6.07) is 7.97. The SMILES string of the molecule is CCNC(=NCc1ccc(OC)cc1)NCc1nnc2n1CCCCC2. The Bertz CT molecular complexity index is 722. The molecule has 2 heterocycles. The first-order valence-corrected chi connectivity index (χ1v) is 9.36. The van der Waals surface area contributed by atoms with Gasteiger partial charge in [0.05, 0.1) is 20.2 Å². The Hall–Kier alpha value is -2.57. The highest BCUT2D eigenvalue weighted by Crippen LogP contribution is 2.14. The summed E-state index contributed by atoms with van der Waals surface area (Å²) in [5.41, 5.74) is 1.14. The molecule has 140 valence electrons. The highest BCUT2D eigenvalue weighted by molar-refractivity contribution is 5.79. The average Bonchev–Trinajstić information content (AvgIpc) is 2.90. The molecule has 26 heavy (non-hydrogen) atoms. The first-order valence-electron chi connectivity index (χ1n) is 9.36. The van der Waals surface area contributed by atoms with Crippen LogP contribution in [0.2, 0.25) is 0 Å². The van der Waals surface area contributed by atoms with Crippen molar-refractivity contribution in [3.05, 3.63) is 41.5 Å². The molecule has 0 saturated carbocycles. The predicted octanol–water partition coefficient (Wildman–Crippen LogP) is 2.27. The van der Waals surface area contributed by atoms with Gasteiger partial charge in [-0.2, -0.15) is 0 Å². The van der Waals surface area contributed by atoms with E-state index in [1.165, 1.54) is 19.3 Å². The van der Waals surface area contributed by atoms with E-state index >= 15 is 0 Å². The van der Waals surface area contributed by atoms with Gasteiger partial charge in [-0.1, -0.05) is 18.6 Å². The van der Waals surface area contributed by atoms with Crippen molar-refractivity contribution in [1.82, 2.24) is 25.4 Å². The third-order valence-corrected chi connectivity index (χ3v) is 4.52. The van der Waals surface area contributed by atoms with Crippen LogP contribution in [0.15, 0.2) is 29.3 Å². The molecule has 0 radical (unpaired) electrons. The largest absolute Gasteiger partial charge is 0.497 e. The van der Waals surface area contributed by atoms with Gasteiger partial charge in [-0.05, 0) is 37.5 Å². The lowest BCUT2D eigenvalue weighted by molar-refractivity contribution is 0.414. The van der Waals surface area contributed by atoms with Crippen molar-refractivity contribution >= 4 is 5.96 Å². The Kier molecular flexibility index (Phi) is 6.46. The lowest BCUT2D eigenvalue weighted by Crippen LogP contribution is -2.37. The molecule has 0 bridgehead atoms. The number of guanidine groups is 1. The second-order valence-electron chi connectivity index (χ2n) is 6.39. The molecule has 2 N–H and O–H groups in total. The average molecular weight is 356 g/mol. The van der Waals surface area contributed by atoms with Crippen molar-refractivity contribution in [2.45, 2.75) is 52.2 Å². The normalized spacial score (nSPS) is 14.5. The number of aryl methyl sites for hydroxylation is 1. The molecule has 0 spiro atoms. The lowest BCUT2D eigenvalue weighted by Gasteiger charge is -2.12. The van der Waals surface area contributed by atoms with Crippen LogP contribution in [0.4, 0.5) is 0 Å². The van der Waals surface area contributed by atoms with Crippen LogP contribution in [-0.2, 0) is 26.1 Å². The zero-order chi connectivity index (χ0) is 18.2. The van der Waals surface area contributed by atoms with Crippen LogP contribution in [0, 0.1) is 0 Å². The van der Waals surface area contributed by atoms with E-state index in [-0.39, 0.29) is 0 Å². The second-order valence-corrected chi connectivity index (χ2v) is 6.39. The molecule has 0 unspecified atom stereocenters. The number of rotatable bonds is 6. The molecule has 7 nitrogen and oxygen atoms in total. The Balaban J connectivity index is 1.62. The van der Waals surface area contributed by atoms with Crippen LogP contribution in [-0.4, -0.2) is 34.4 Å². The van der Waals surface area contributed by atoms with Gasteiger partial charge in [-0.25, -0.2) is 4.99 Å². The van der Waals surface area contributed by atoms with E-state index in [9.17, 15) is 0 Å². The summed E-state index contributed by atoms with van der Waals surface area (Å²) in [6.07, 6.45) is 4.70. The van der Waals surface area contributed by atoms with Crippen molar-refractivity contribution < 1.29 is 4.74 Å². The zero-order valence-corrected chi connectivity index (χ0v) is 15.7. The van der Waals surface area contributed by atoms with Crippen molar-refractivity contribution in [1.29, 1.82) is 0 Å². The maximum atomic E-state index is 5.19. The monoisotopic (exact) mass is 356 g/mol. The minimum Gasteiger partial charge on any atom is -0.497 e. The highest BCUT2D eigenvalue weighted by Gasteiger charge is 2.14. The highest BCUT2D eigenvalue weighted by atomic mass is 16.5. The zero-order valence-electron chi connectivity index (χ0n) is 15.7. The van der Waals surface area contributed by atoms with Gasteiger partial charge in [0.25, 0.3) is 0 Å². The topological polar surface area (TPSA) is 76.4 Å². The van der Waals surface area contributed by atoms with E-state index in [1.807, 2.05) is 24.3 Å². The molecule has 1 aliphatic rings. The quantitative estimate of drug-likeness (QED) is 0.613. The molecular weight excluding hydrogens is 328 g/mol. The van der Waals surface area contributed by atoms with Gasteiger partial charge in [0.15, 0.2) is 11.8 Å². The minimum absolute atomic E-state index is 0.608. The third kappa shape index (κ3) is 4.74. The molecule has 3 rings (SSSR count). The number of hydrogen-bond acceptors (Lipinski definition) is 4. The first-order chi connectivity index (χ1) is 12.8. The molecule has 0 amide bonds. The van der Waals surface area contributed by atoms with Crippen LogP contribution < -0.4 is 15.4 Å². The van der Waals surface area contributed by atoms with E-state index in [4.69, 9.17) is 4.74 Å². The Morgan fingerprint density at radius 2 is 2.00 bits per heavy atom. The summed E-state index contributed by atoms with van der Waals surface area (Å²) >= 11 is 0. The molecule has 1 aromatic heterocycles. The van der Waals surface area contributed by atoms with Gasteiger partial charge in [-0.3, -0.25) is 0 Å². The fourth-order valence-corrected chi connectivity index (χ4v) is 3.08. The molecular formula is C19H28N6O. The van der Waals surface area contributed by atoms with E-state index < -0.39 is 0 Å². The predicted molar refractivity (Wildman–Crippen MR) is 102 cm³/mol. The van der Waals surface area contributed by atoms with Crippen molar-refractivity contribution in [2.24, 2.45) is 4.99 Å². The van der Waals surface area contributed by atoms with E-state index in [0.29, 0.717) is 13.1 Å². The number of hydrogen-bond donors (Lipinski definition) is 2. The molecule has 0 saturated heterocycles. The van der Waals surface area contributed by atoms with Gasteiger partial charge < -0.3 is 19.9 Å². The van der Waals surface area contributed by atoms with E-state index in [0.717, 1.165) is 48.4 Å². The fourth-order valence-electron chi connectivity index (χ4n) is 3.08. The van der Waals surface area contributed by atoms with Crippen molar-refractivity contribution in [3.8, 4) is 5.75 Å². The molecule has 1 aliphatic heterocycles. The standard InChI is InChI=1S/C19H28N6O/c1-3-20-19(21-13-15-8-10-16(26-2)11-9-15)22-14-18-24-23-17-7-5-4-6-12-25(17)18/h8-11H,3-7,12-14H2,1-2H3,(H2,20,21,22). The van der Waals surface area contributed by atoms with Gasteiger partial charge in [0, 0.05) is 19.5 Å². The number of methoxy groups -OCH3 is 1. The fraction of sp³-hybridized carbons (Fsp3) is 0.526. The minimum atomic E-state index is 0.608. The summed E-state index contributed by atoms with van der Waals surface area (Å²) < 4.78 is 7.45. The number of nitrogens with zero attached hydrogens (tertiary/aromatic N) is 4. The number of nitrogens with one attached hydrogen (secondary N) is 2. The van der Waals surface area contributed by atoms with E-state index in [1.54, 1.807) is 7.11 Å². The summed E-state index contributed by atoms with van der Waals surface area (Å²) in [6.45, 7) is 5.12. The Morgan fingerprint density at radius 1 is 1.15 bits per heavy atom. The number of ether oxygens (including phenoxy) is 1. The second kappa shape index (κ2) is 9.22. The van der Waals surface area contributed by atoms with Crippen LogP contribution in [0.1, 0.15) is 43.4 Å². The first kappa shape index (κ1) is 18.2. The van der Waals surface area contributed by atoms with Crippen molar-refractivity contribution in [2.75, 3.05) is 13.7 Å². The molecule has 0 fully saturated rings. The molecule has 7 heteroatoms. The van der Waals surface area contributed by atoms with Gasteiger partial charge in [0.1, 0.15) is 11.6 Å². The van der Waals surface area contributed by atoms with Crippen LogP contribution in [0.5, 0.6) is 5.75 Å². The summed E-state index contributed by atoms with van der Waals surface area (Å²) in [7, 11) is 1.67. The van der Waals surface area contributed by atoms with Gasteiger partial charge in [-0.15, -0.1) is 10.2 Å². The number of benzene rings is 1. The molecule has 0 aliphatic carbocycles. The lowest BCUT2D eigenvalue weighted by atomic mass is 10.2.